The second kappa shape index (κ2) is 6.14. The number of hydrogen-bond donors (Lipinski definition) is 0. The number of hydrazine groups is 1. The van der Waals surface area contributed by atoms with Gasteiger partial charge in [0.2, 0.25) is 6.30 Å². The number of fused-ring (bicyclic) bond motifs is 1. The Morgan fingerprint density at radius 2 is 2.25 bits per heavy atom. The van der Waals surface area contributed by atoms with Crippen LogP contribution >= 0.6 is 34.7 Å². The van der Waals surface area contributed by atoms with Crippen molar-refractivity contribution in [1.82, 2.24) is 10.0 Å². The average Bonchev–Trinajstić information content (AvgIpc) is 3.28. The van der Waals surface area contributed by atoms with Crippen molar-refractivity contribution < 1.29 is 18.7 Å². The molecule has 10 heteroatoms. The molecule has 1 aromatic rings. The van der Waals surface area contributed by atoms with E-state index < -0.39 is 18.2 Å². The van der Waals surface area contributed by atoms with Crippen LogP contribution in [0.4, 0.5) is 14.2 Å². The zero-order chi connectivity index (χ0) is 16.8. The first-order chi connectivity index (χ1) is 11.6. The number of aliphatic imine (C=N–C) groups is 1. The summed E-state index contributed by atoms with van der Waals surface area (Å²) in [6.07, 6.45) is -1.25. The average molecular weight is 388 g/mol. The number of alkyl halides is 1. The summed E-state index contributed by atoms with van der Waals surface area (Å²) in [4.78, 5) is 28.5. The molecule has 1 amide bonds. The number of thiophene rings is 1. The zero-order valence-corrected chi connectivity index (χ0v) is 14.5. The summed E-state index contributed by atoms with van der Waals surface area (Å²) in [7, 11) is 0. The number of rotatable bonds is 2. The molecule has 2 saturated heterocycles. The lowest BCUT2D eigenvalue weighted by Crippen LogP contribution is -2.52. The van der Waals surface area contributed by atoms with E-state index in [1.54, 1.807) is 12.1 Å². The molecule has 4 rings (SSSR count). The number of amides is 1. The van der Waals surface area contributed by atoms with Gasteiger partial charge in [0.15, 0.2) is 0 Å². The quantitative estimate of drug-likeness (QED) is 0.574. The Balaban J connectivity index is 1.86. The van der Waals surface area contributed by atoms with Gasteiger partial charge in [-0.25, -0.2) is 14.4 Å². The monoisotopic (exact) mass is 387 g/mol. The Kier molecular flexibility index (Phi) is 4.11. The first-order valence-electron chi connectivity index (χ1n) is 7.14. The molecular formula is C14H11ClFN3O3S2. The van der Waals surface area contributed by atoms with Crippen molar-refractivity contribution in [2.75, 3.05) is 12.5 Å². The van der Waals surface area contributed by atoms with E-state index in [0.717, 1.165) is 11.8 Å². The van der Waals surface area contributed by atoms with Crippen LogP contribution in [0.2, 0.25) is 0 Å². The highest BCUT2D eigenvalue weighted by Gasteiger charge is 2.50. The minimum Gasteiger partial charge on any atom is -0.465 e. The highest BCUT2D eigenvalue weighted by atomic mass is 35.5. The SMILES string of the molecule is O=C1OCCC1C1=C(Cl)C(=Nc2cccs2)C(F)N2CSC(=O)N12. The van der Waals surface area contributed by atoms with Crippen LogP contribution in [0.5, 0.6) is 0 Å². The van der Waals surface area contributed by atoms with Gasteiger partial charge in [-0.15, -0.1) is 11.3 Å². The molecule has 3 aliphatic heterocycles. The molecule has 24 heavy (non-hydrogen) atoms. The van der Waals surface area contributed by atoms with Gasteiger partial charge in [0.1, 0.15) is 16.6 Å². The number of halogens is 2. The second-order valence-corrected chi connectivity index (χ2v) is 7.48. The minimum absolute atomic E-state index is 0.00634. The zero-order valence-electron chi connectivity index (χ0n) is 12.1. The molecule has 2 atom stereocenters. The Bertz CT molecular complexity index is 767. The molecule has 4 heterocycles. The number of hydrogen-bond acceptors (Lipinski definition) is 7. The first-order valence-corrected chi connectivity index (χ1v) is 9.38. The summed E-state index contributed by atoms with van der Waals surface area (Å²) in [6, 6.07) is 3.54. The molecular weight excluding hydrogens is 377 g/mol. The van der Waals surface area contributed by atoms with Crippen LogP contribution in [0.25, 0.3) is 0 Å². The second-order valence-electron chi connectivity index (χ2n) is 5.28. The summed E-state index contributed by atoms with van der Waals surface area (Å²) in [6.45, 7) is 0.253. The van der Waals surface area contributed by atoms with Crippen molar-refractivity contribution >= 4 is 56.6 Å². The van der Waals surface area contributed by atoms with Crippen molar-refractivity contribution in [3.63, 3.8) is 0 Å². The standard InChI is InChI=1S/C14H11ClFN3O3S2/c15-9-10(17-8-2-1-5-23-8)12(16)18-6-24-14(21)19(18)11(9)7-3-4-22-13(7)20/h1-2,5,7,12H,3-4,6H2. The van der Waals surface area contributed by atoms with Gasteiger partial charge in [0.25, 0.3) is 0 Å². The van der Waals surface area contributed by atoms with Crippen LogP contribution in [0.3, 0.4) is 0 Å². The Hall–Kier alpha value is -1.42. The number of carbonyl (C=O) groups is 2. The minimum atomic E-state index is -1.65. The van der Waals surface area contributed by atoms with Crippen molar-refractivity contribution in [2.24, 2.45) is 10.9 Å². The molecule has 0 aromatic carbocycles. The number of ether oxygens (including phenoxy) is 1. The number of thioether (sulfide) groups is 1. The maximum atomic E-state index is 14.9. The number of cyclic esters (lactones) is 1. The summed E-state index contributed by atoms with van der Waals surface area (Å²) in [5.74, 6) is -1.01. The number of nitrogens with zero attached hydrogens (tertiary/aromatic N) is 3. The van der Waals surface area contributed by atoms with Crippen molar-refractivity contribution in [3.8, 4) is 0 Å². The molecule has 1 aromatic heterocycles. The van der Waals surface area contributed by atoms with Gasteiger partial charge in [0.05, 0.1) is 23.2 Å². The first kappa shape index (κ1) is 16.1. The van der Waals surface area contributed by atoms with Crippen LogP contribution in [-0.2, 0) is 9.53 Å². The van der Waals surface area contributed by atoms with Gasteiger partial charge in [-0.05, 0) is 29.3 Å². The van der Waals surface area contributed by atoms with Gasteiger partial charge >= 0.3 is 11.2 Å². The topological polar surface area (TPSA) is 62.2 Å². The van der Waals surface area contributed by atoms with Crippen molar-refractivity contribution in [3.05, 3.63) is 28.2 Å². The van der Waals surface area contributed by atoms with E-state index in [9.17, 15) is 14.0 Å². The fraction of sp³-hybridized carbons (Fsp3) is 0.357. The lowest BCUT2D eigenvalue weighted by Gasteiger charge is -2.38. The predicted molar refractivity (Wildman–Crippen MR) is 89.8 cm³/mol. The molecule has 0 bridgehead atoms. The van der Waals surface area contributed by atoms with Gasteiger partial charge < -0.3 is 4.74 Å². The van der Waals surface area contributed by atoms with Crippen LogP contribution < -0.4 is 0 Å². The lowest BCUT2D eigenvalue weighted by molar-refractivity contribution is -0.141. The van der Waals surface area contributed by atoms with Gasteiger partial charge in [-0.3, -0.25) is 9.59 Å². The molecule has 2 unspecified atom stereocenters. The Morgan fingerprint density at radius 3 is 2.92 bits per heavy atom. The summed E-state index contributed by atoms with van der Waals surface area (Å²) in [5, 5.41) is 4.48. The van der Waals surface area contributed by atoms with Crippen LogP contribution in [-0.4, -0.2) is 45.7 Å². The van der Waals surface area contributed by atoms with E-state index in [-0.39, 0.29) is 34.2 Å². The fourth-order valence-corrected chi connectivity index (χ4v) is 4.58. The Labute approximate surface area is 149 Å². The maximum Gasteiger partial charge on any atom is 0.315 e. The molecule has 0 spiro atoms. The largest absolute Gasteiger partial charge is 0.465 e. The molecule has 2 fully saturated rings. The number of carbonyl (C=O) groups excluding carboxylic acids is 2. The molecule has 6 nitrogen and oxygen atoms in total. The normalized spacial score (nSPS) is 29.6. The van der Waals surface area contributed by atoms with Gasteiger partial charge in [0, 0.05) is 6.42 Å². The van der Waals surface area contributed by atoms with Gasteiger partial charge in [-0.2, -0.15) is 5.01 Å². The summed E-state index contributed by atoms with van der Waals surface area (Å²) in [5.41, 5.74) is 0.277. The maximum absolute atomic E-state index is 14.9. The number of esters is 1. The molecule has 0 N–H and O–H groups in total. The summed E-state index contributed by atoms with van der Waals surface area (Å²) >= 11 is 8.72. The smallest absolute Gasteiger partial charge is 0.315 e. The van der Waals surface area contributed by atoms with Crippen LogP contribution in [0.1, 0.15) is 6.42 Å². The van der Waals surface area contributed by atoms with Crippen molar-refractivity contribution in [1.29, 1.82) is 0 Å². The predicted octanol–water partition coefficient (Wildman–Crippen LogP) is 3.49. The van der Waals surface area contributed by atoms with E-state index in [4.69, 9.17) is 16.3 Å². The van der Waals surface area contributed by atoms with Crippen molar-refractivity contribution in [2.45, 2.75) is 12.7 Å². The van der Waals surface area contributed by atoms with E-state index in [2.05, 4.69) is 4.99 Å². The van der Waals surface area contributed by atoms with Crippen LogP contribution in [0.15, 0.2) is 33.2 Å². The fourth-order valence-electron chi connectivity index (χ4n) is 2.82. The summed E-state index contributed by atoms with van der Waals surface area (Å²) < 4.78 is 19.9. The van der Waals surface area contributed by atoms with E-state index >= 15 is 0 Å². The highest BCUT2D eigenvalue weighted by molar-refractivity contribution is 8.13. The molecule has 0 saturated carbocycles. The Morgan fingerprint density at radius 1 is 1.42 bits per heavy atom. The van der Waals surface area contributed by atoms with Gasteiger partial charge in [-0.1, -0.05) is 11.6 Å². The molecule has 126 valence electrons. The van der Waals surface area contributed by atoms with E-state index in [1.165, 1.54) is 21.4 Å². The lowest BCUT2D eigenvalue weighted by atomic mass is 10.00. The molecule has 3 aliphatic rings. The third-order valence-electron chi connectivity index (χ3n) is 3.92. The molecule has 0 aliphatic carbocycles. The highest BCUT2D eigenvalue weighted by Crippen LogP contribution is 2.43. The molecule has 0 radical (unpaired) electrons. The van der Waals surface area contributed by atoms with E-state index in [0.29, 0.717) is 11.4 Å². The third-order valence-corrected chi connectivity index (χ3v) is 5.88. The van der Waals surface area contributed by atoms with Crippen LogP contribution in [0, 0.1) is 5.92 Å². The third kappa shape index (κ3) is 2.46. The van der Waals surface area contributed by atoms with E-state index in [1.807, 2.05) is 5.38 Å².